The Kier molecular flexibility index (Phi) is 9.69. The molecule has 0 aromatic carbocycles. The largest absolute Gasteiger partial charge is 0.339 e. The van der Waals surface area contributed by atoms with Gasteiger partial charge >= 0.3 is 0 Å². The molecule has 0 spiro atoms. The van der Waals surface area contributed by atoms with E-state index in [0.717, 1.165) is 6.20 Å². The Morgan fingerprint density at radius 2 is 1.81 bits per heavy atom. The van der Waals surface area contributed by atoms with Crippen LogP contribution in [-0.2, 0) is 11.3 Å². The van der Waals surface area contributed by atoms with Crippen molar-refractivity contribution in [3.63, 3.8) is 0 Å². The smallest absolute Gasteiger partial charge is 0.270 e. The van der Waals surface area contributed by atoms with Crippen LogP contribution in [0.3, 0.4) is 0 Å². The van der Waals surface area contributed by atoms with E-state index in [-0.39, 0.29) is 24.6 Å². The van der Waals surface area contributed by atoms with E-state index in [1.54, 1.807) is 13.8 Å². The second-order valence-electron chi connectivity index (χ2n) is 10.5. The Morgan fingerprint density at radius 1 is 1.12 bits per heavy atom. The van der Waals surface area contributed by atoms with Crippen LogP contribution in [0.4, 0.5) is 36.4 Å². The maximum absolute atomic E-state index is 14.9. The van der Waals surface area contributed by atoms with E-state index in [0.29, 0.717) is 9.36 Å². The van der Waals surface area contributed by atoms with Gasteiger partial charge in [0.1, 0.15) is 30.0 Å². The van der Waals surface area contributed by atoms with Gasteiger partial charge in [-0.05, 0) is 49.1 Å². The predicted molar refractivity (Wildman–Crippen MR) is 134 cm³/mol. The number of tetrazole rings is 1. The van der Waals surface area contributed by atoms with Crippen LogP contribution in [0.25, 0.3) is 0 Å². The minimum Gasteiger partial charge on any atom is -0.339 e. The highest BCUT2D eigenvalue weighted by Gasteiger charge is 2.41. The molecule has 1 unspecified atom stereocenters. The van der Waals surface area contributed by atoms with Gasteiger partial charge < -0.3 is 10.6 Å². The van der Waals surface area contributed by atoms with Gasteiger partial charge in [0.25, 0.3) is 18.3 Å². The highest BCUT2D eigenvalue weighted by Crippen LogP contribution is 2.38. The van der Waals surface area contributed by atoms with E-state index in [4.69, 9.17) is 0 Å². The lowest BCUT2D eigenvalue weighted by Crippen LogP contribution is -2.50. The van der Waals surface area contributed by atoms with Crippen molar-refractivity contribution in [3.05, 3.63) is 35.9 Å². The fourth-order valence-electron chi connectivity index (χ4n) is 4.95. The Hall–Kier alpha value is -4.06. The zero-order chi connectivity index (χ0) is 31.5. The first-order valence-corrected chi connectivity index (χ1v) is 13.4. The summed E-state index contributed by atoms with van der Waals surface area (Å²) in [5, 5.41) is 22.5. The quantitative estimate of drug-likeness (QED) is 0.293. The maximum Gasteiger partial charge on any atom is 0.270 e. The molecule has 0 saturated heterocycles. The summed E-state index contributed by atoms with van der Waals surface area (Å²) in [6.45, 7) is 2.52. The second kappa shape index (κ2) is 13.1. The Bertz CT molecular complexity index is 1400. The minimum absolute atomic E-state index is 0.101. The van der Waals surface area contributed by atoms with Crippen LogP contribution in [-0.4, -0.2) is 76.4 Å². The molecule has 12 nitrogen and oxygen atoms in total. The Morgan fingerprint density at radius 3 is 2.44 bits per heavy atom. The van der Waals surface area contributed by atoms with Crippen LogP contribution in [0.5, 0.6) is 0 Å². The van der Waals surface area contributed by atoms with Gasteiger partial charge in [-0.2, -0.15) is 9.49 Å². The molecule has 0 bridgehead atoms. The molecular weight excluding hydrogens is 593 g/mol. The monoisotopic (exact) mass is 622 g/mol. The van der Waals surface area contributed by atoms with Crippen molar-refractivity contribution in [2.24, 2.45) is 5.92 Å². The summed E-state index contributed by atoms with van der Waals surface area (Å²) in [6.07, 6.45) is -6.05. The number of aromatic nitrogens is 8. The molecule has 3 aromatic rings. The van der Waals surface area contributed by atoms with Crippen molar-refractivity contribution in [1.29, 1.82) is 0 Å². The van der Waals surface area contributed by atoms with E-state index in [1.807, 2.05) is 0 Å². The predicted octanol–water partition coefficient (Wildman–Crippen LogP) is 3.86. The lowest BCUT2D eigenvalue weighted by Gasteiger charge is -2.33. The molecule has 1 fully saturated rings. The SMILES string of the molecule is CC(C)n1nccc1C(=O)N[C@H](C(=O)Nc1cn(C(CC(F)F)c2nnnn2CC(F)F)nc1F)C1CCC(F)(F)CC1. The van der Waals surface area contributed by atoms with E-state index in [1.165, 1.54) is 16.9 Å². The highest BCUT2D eigenvalue weighted by molar-refractivity contribution is 6.00. The normalized spacial score (nSPS) is 17.0. The molecule has 2 N–H and O–H groups in total. The number of hydrogen-bond donors (Lipinski definition) is 2. The van der Waals surface area contributed by atoms with E-state index in [9.17, 15) is 40.3 Å². The summed E-state index contributed by atoms with van der Waals surface area (Å²) in [6, 6.07) is -1.80. The van der Waals surface area contributed by atoms with Gasteiger partial charge in [-0.25, -0.2) is 31.0 Å². The van der Waals surface area contributed by atoms with Gasteiger partial charge in [-0.15, -0.1) is 10.2 Å². The van der Waals surface area contributed by atoms with Gasteiger partial charge in [0.05, 0.1) is 6.20 Å². The molecule has 3 heterocycles. The van der Waals surface area contributed by atoms with Gasteiger partial charge in [-0.3, -0.25) is 19.0 Å². The molecule has 0 radical (unpaired) electrons. The molecule has 0 aliphatic heterocycles. The molecule has 2 amide bonds. The summed E-state index contributed by atoms with van der Waals surface area (Å²) in [7, 11) is 0. The molecule has 43 heavy (non-hydrogen) atoms. The number of carbonyl (C=O) groups excluding carboxylic acids is 2. The molecule has 4 rings (SSSR count). The van der Waals surface area contributed by atoms with E-state index < -0.39 is 91.9 Å². The molecule has 1 saturated carbocycles. The Labute approximate surface area is 240 Å². The number of alkyl halides is 6. The lowest BCUT2D eigenvalue weighted by molar-refractivity contribution is -0.121. The summed E-state index contributed by atoms with van der Waals surface area (Å²) in [4.78, 5) is 26.6. The third-order valence-corrected chi connectivity index (χ3v) is 7.03. The van der Waals surface area contributed by atoms with Gasteiger partial charge in [0.2, 0.25) is 18.3 Å². The van der Waals surface area contributed by atoms with Crippen molar-refractivity contribution in [2.75, 3.05) is 5.32 Å². The number of nitrogens with zero attached hydrogens (tertiary/aromatic N) is 8. The average molecular weight is 623 g/mol. The molecule has 19 heteroatoms. The highest BCUT2D eigenvalue weighted by atomic mass is 19.3. The zero-order valence-electron chi connectivity index (χ0n) is 23.0. The number of hydrogen-bond acceptors (Lipinski definition) is 7. The first-order valence-electron chi connectivity index (χ1n) is 13.4. The number of rotatable bonds is 12. The van der Waals surface area contributed by atoms with Crippen molar-refractivity contribution in [3.8, 4) is 0 Å². The number of nitrogens with one attached hydrogen (secondary N) is 2. The molecular formula is C24H29F7N10O2. The van der Waals surface area contributed by atoms with Crippen LogP contribution >= 0.6 is 0 Å². The summed E-state index contributed by atoms with van der Waals surface area (Å²) in [5.74, 6) is -7.14. The number of anilines is 1. The first kappa shape index (κ1) is 31.9. The van der Waals surface area contributed by atoms with Crippen molar-refractivity contribution >= 4 is 17.5 Å². The van der Waals surface area contributed by atoms with Gasteiger partial charge in [-0.1, -0.05) is 0 Å². The standard InChI is InChI=1S/C24H29F7N10O2/c1-12(2)41-15(5-8-32-41)22(42)34-19(13-3-6-24(30,31)7-4-13)23(43)33-14-10-39(36-20(14)29)16(9-17(25)26)21-35-37-38-40(21)11-18(27)28/h5,8,10,12-13,16-19H,3-4,6-7,9,11H2,1-2H3,(H,33,43)(H,34,42)/t16?,19-/m0/s1. The maximum atomic E-state index is 14.9. The van der Waals surface area contributed by atoms with E-state index >= 15 is 0 Å². The van der Waals surface area contributed by atoms with Crippen LogP contribution in [0.2, 0.25) is 0 Å². The fourth-order valence-corrected chi connectivity index (χ4v) is 4.95. The topological polar surface area (TPSA) is 137 Å². The average Bonchev–Trinajstić information content (AvgIpc) is 3.66. The third kappa shape index (κ3) is 7.67. The van der Waals surface area contributed by atoms with Crippen LogP contribution in [0, 0.1) is 11.9 Å². The van der Waals surface area contributed by atoms with Crippen molar-refractivity contribution < 1.29 is 40.3 Å². The Balaban J connectivity index is 1.60. The number of halogens is 7. The summed E-state index contributed by atoms with van der Waals surface area (Å²) < 4.78 is 98.1. The summed E-state index contributed by atoms with van der Waals surface area (Å²) in [5.41, 5.74) is -0.492. The van der Waals surface area contributed by atoms with Crippen LogP contribution < -0.4 is 10.6 Å². The minimum atomic E-state index is -3.00. The molecule has 236 valence electrons. The molecule has 1 aliphatic carbocycles. The lowest BCUT2D eigenvalue weighted by atomic mass is 9.81. The number of carbonyl (C=O) groups is 2. The van der Waals surface area contributed by atoms with Crippen molar-refractivity contribution in [1.82, 2.24) is 45.1 Å². The molecule has 1 aliphatic rings. The molecule has 3 aromatic heterocycles. The number of amides is 2. The first-order chi connectivity index (χ1) is 20.3. The van der Waals surface area contributed by atoms with Gasteiger partial charge in [0, 0.05) is 31.5 Å². The van der Waals surface area contributed by atoms with Crippen LogP contribution in [0.15, 0.2) is 18.5 Å². The van der Waals surface area contributed by atoms with Gasteiger partial charge in [0.15, 0.2) is 5.82 Å². The van der Waals surface area contributed by atoms with Crippen LogP contribution in [0.1, 0.15) is 74.3 Å². The second-order valence-corrected chi connectivity index (χ2v) is 10.5. The zero-order valence-corrected chi connectivity index (χ0v) is 23.0. The third-order valence-electron chi connectivity index (χ3n) is 7.03. The summed E-state index contributed by atoms with van der Waals surface area (Å²) >= 11 is 0. The molecule has 2 atom stereocenters. The van der Waals surface area contributed by atoms with Crippen molar-refractivity contribution in [2.45, 2.75) is 89.4 Å². The fraction of sp³-hybridized carbons (Fsp3) is 0.625. The van der Waals surface area contributed by atoms with E-state index in [2.05, 4.69) is 36.4 Å².